The summed E-state index contributed by atoms with van der Waals surface area (Å²) in [5.74, 6) is -0.878. The number of nitrogens with two attached hydrogens (primary N) is 1. The van der Waals surface area contributed by atoms with Crippen molar-refractivity contribution in [3.8, 4) is 0 Å². The second kappa shape index (κ2) is 6.51. The van der Waals surface area contributed by atoms with Crippen LogP contribution in [0.2, 0.25) is 5.02 Å². The van der Waals surface area contributed by atoms with E-state index in [9.17, 15) is 9.18 Å². The van der Waals surface area contributed by atoms with E-state index in [0.717, 1.165) is 0 Å². The van der Waals surface area contributed by atoms with Crippen molar-refractivity contribution in [2.24, 2.45) is 5.73 Å². The average molecular weight is 324 g/mol. The highest BCUT2D eigenvalue weighted by Crippen LogP contribution is 2.17. The van der Waals surface area contributed by atoms with Crippen LogP contribution >= 0.6 is 23.8 Å². The number of benzene rings is 2. The molecule has 0 aromatic heterocycles. The number of nitrogens with one attached hydrogen (secondary N) is 1. The number of rotatable bonds is 2. The molecule has 3 N–H and O–H groups in total. The van der Waals surface area contributed by atoms with Crippen LogP contribution < -0.4 is 16.2 Å². The molecule has 0 bridgehead atoms. The van der Waals surface area contributed by atoms with Gasteiger partial charge in [0.25, 0.3) is 5.91 Å². The minimum Gasteiger partial charge on any atom is -0.374 e. The Labute approximate surface area is 131 Å². The maximum atomic E-state index is 12.9. The average Bonchev–Trinajstić information content (AvgIpc) is 2.46. The highest BCUT2D eigenvalue weighted by Gasteiger charge is 2.16. The Morgan fingerprint density at radius 3 is 2.38 bits per heavy atom. The molecule has 0 aliphatic rings. The monoisotopic (exact) mass is 323 g/mol. The summed E-state index contributed by atoms with van der Waals surface area (Å²) in [6.45, 7) is 0. The Morgan fingerprint density at radius 1 is 1.19 bits per heavy atom. The van der Waals surface area contributed by atoms with E-state index >= 15 is 0 Å². The van der Waals surface area contributed by atoms with E-state index in [1.807, 2.05) is 0 Å². The molecule has 0 aliphatic heterocycles. The van der Waals surface area contributed by atoms with Gasteiger partial charge in [0, 0.05) is 0 Å². The second-order valence-electron chi connectivity index (χ2n) is 4.07. The molecule has 2 aromatic carbocycles. The molecule has 7 heteroatoms. The van der Waals surface area contributed by atoms with Crippen LogP contribution in [0, 0.1) is 5.82 Å². The van der Waals surface area contributed by atoms with Crippen molar-refractivity contribution in [2.75, 3.05) is 5.01 Å². The van der Waals surface area contributed by atoms with Gasteiger partial charge in [0.05, 0.1) is 16.3 Å². The van der Waals surface area contributed by atoms with E-state index in [1.165, 1.54) is 29.3 Å². The summed E-state index contributed by atoms with van der Waals surface area (Å²) in [6.07, 6.45) is 0. The Hall–Kier alpha value is -2.18. The number of carbonyl (C=O) groups is 1. The van der Waals surface area contributed by atoms with Crippen molar-refractivity contribution in [2.45, 2.75) is 0 Å². The third-order valence-electron chi connectivity index (χ3n) is 2.64. The SMILES string of the molecule is NC(=S)N(NC(=O)c1ccccc1Cl)c1ccc(F)cc1. The zero-order valence-corrected chi connectivity index (χ0v) is 12.3. The highest BCUT2D eigenvalue weighted by atomic mass is 35.5. The van der Waals surface area contributed by atoms with Crippen molar-refractivity contribution >= 4 is 40.5 Å². The molecule has 0 aliphatic carbocycles. The van der Waals surface area contributed by atoms with E-state index in [0.29, 0.717) is 10.7 Å². The van der Waals surface area contributed by atoms with Gasteiger partial charge in [-0.1, -0.05) is 23.7 Å². The van der Waals surface area contributed by atoms with Gasteiger partial charge in [-0.25, -0.2) is 9.40 Å². The highest BCUT2D eigenvalue weighted by molar-refractivity contribution is 7.80. The second-order valence-corrected chi connectivity index (χ2v) is 4.90. The van der Waals surface area contributed by atoms with Crippen molar-refractivity contribution in [3.05, 3.63) is 64.9 Å². The molecule has 4 nitrogen and oxygen atoms in total. The summed E-state index contributed by atoms with van der Waals surface area (Å²) in [6, 6.07) is 11.9. The van der Waals surface area contributed by atoms with Gasteiger partial charge in [-0.3, -0.25) is 10.2 Å². The van der Waals surface area contributed by atoms with E-state index in [-0.39, 0.29) is 10.7 Å². The number of hydrogen-bond acceptors (Lipinski definition) is 2. The Morgan fingerprint density at radius 2 is 1.81 bits per heavy atom. The van der Waals surface area contributed by atoms with Gasteiger partial charge in [0.15, 0.2) is 5.11 Å². The summed E-state index contributed by atoms with van der Waals surface area (Å²) in [5.41, 5.74) is 8.83. The Kier molecular flexibility index (Phi) is 4.72. The zero-order chi connectivity index (χ0) is 15.4. The molecule has 108 valence electrons. The van der Waals surface area contributed by atoms with Crippen LogP contribution in [0.3, 0.4) is 0 Å². The molecule has 2 aromatic rings. The number of anilines is 1. The minimum absolute atomic E-state index is 0.0815. The normalized spacial score (nSPS) is 10.0. The lowest BCUT2D eigenvalue weighted by atomic mass is 10.2. The van der Waals surface area contributed by atoms with Crippen LogP contribution in [0.4, 0.5) is 10.1 Å². The molecule has 0 heterocycles. The number of nitrogens with zero attached hydrogens (tertiary/aromatic N) is 1. The minimum atomic E-state index is -0.474. The van der Waals surface area contributed by atoms with Gasteiger partial charge in [-0.2, -0.15) is 0 Å². The van der Waals surface area contributed by atoms with E-state index in [4.69, 9.17) is 29.6 Å². The van der Waals surface area contributed by atoms with Crippen molar-refractivity contribution in [3.63, 3.8) is 0 Å². The van der Waals surface area contributed by atoms with E-state index in [2.05, 4.69) is 5.43 Å². The van der Waals surface area contributed by atoms with Gasteiger partial charge in [-0.05, 0) is 48.6 Å². The van der Waals surface area contributed by atoms with Crippen molar-refractivity contribution < 1.29 is 9.18 Å². The fraction of sp³-hybridized carbons (Fsp3) is 0. The fourth-order valence-corrected chi connectivity index (χ4v) is 2.02. The molecule has 0 radical (unpaired) electrons. The fourth-order valence-electron chi connectivity index (χ4n) is 1.64. The summed E-state index contributed by atoms with van der Waals surface area (Å²) < 4.78 is 12.9. The van der Waals surface area contributed by atoms with E-state index in [1.54, 1.807) is 24.3 Å². The van der Waals surface area contributed by atoms with Crippen LogP contribution in [-0.4, -0.2) is 11.0 Å². The van der Waals surface area contributed by atoms with Crippen molar-refractivity contribution in [1.29, 1.82) is 0 Å². The number of hydrazine groups is 1. The lowest BCUT2D eigenvalue weighted by Gasteiger charge is -2.23. The molecular weight excluding hydrogens is 313 g/mol. The molecule has 2 rings (SSSR count). The third kappa shape index (κ3) is 3.68. The maximum absolute atomic E-state index is 12.9. The number of carbonyl (C=O) groups excluding carboxylic acids is 1. The summed E-state index contributed by atoms with van der Waals surface area (Å²) in [5, 5.41) is 1.40. The van der Waals surface area contributed by atoms with Crippen LogP contribution in [0.15, 0.2) is 48.5 Å². The molecule has 0 fully saturated rings. The standard InChI is InChI=1S/C14H11ClFN3OS/c15-12-4-2-1-3-11(12)13(20)18-19(14(17)21)10-7-5-9(16)6-8-10/h1-8H,(H2,17,21)(H,18,20). The predicted molar refractivity (Wildman–Crippen MR) is 84.6 cm³/mol. The summed E-state index contributed by atoms with van der Waals surface area (Å²) >= 11 is 10.9. The topological polar surface area (TPSA) is 58.4 Å². The van der Waals surface area contributed by atoms with Crippen LogP contribution in [0.1, 0.15) is 10.4 Å². The molecule has 0 saturated carbocycles. The molecule has 0 saturated heterocycles. The van der Waals surface area contributed by atoms with Gasteiger partial charge in [0.1, 0.15) is 5.82 Å². The Bertz CT molecular complexity index is 678. The first-order valence-electron chi connectivity index (χ1n) is 5.89. The Balaban J connectivity index is 2.25. The molecule has 0 atom stereocenters. The van der Waals surface area contributed by atoms with Crippen LogP contribution in [0.25, 0.3) is 0 Å². The number of halogens is 2. The van der Waals surface area contributed by atoms with Gasteiger partial charge in [-0.15, -0.1) is 0 Å². The van der Waals surface area contributed by atoms with Crippen LogP contribution in [-0.2, 0) is 0 Å². The summed E-state index contributed by atoms with van der Waals surface area (Å²) in [7, 11) is 0. The van der Waals surface area contributed by atoms with Gasteiger partial charge in [0.2, 0.25) is 0 Å². The molecule has 0 unspecified atom stereocenters. The lowest BCUT2D eigenvalue weighted by molar-refractivity contribution is 0.0955. The third-order valence-corrected chi connectivity index (χ3v) is 3.15. The summed E-state index contributed by atoms with van der Waals surface area (Å²) in [4.78, 5) is 12.2. The lowest BCUT2D eigenvalue weighted by Crippen LogP contribution is -2.49. The van der Waals surface area contributed by atoms with Crippen molar-refractivity contribution in [1.82, 2.24) is 5.43 Å². The van der Waals surface area contributed by atoms with Gasteiger partial charge < -0.3 is 5.73 Å². The number of hydrogen-bond donors (Lipinski definition) is 2. The first-order valence-corrected chi connectivity index (χ1v) is 6.68. The predicted octanol–water partition coefficient (Wildman–Crippen LogP) is 2.87. The maximum Gasteiger partial charge on any atom is 0.271 e. The smallest absolute Gasteiger partial charge is 0.271 e. The number of amides is 1. The van der Waals surface area contributed by atoms with Gasteiger partial charge >= 0.3 is 0 Å². The molecule has 1 amide bonds. The van der Waals surface area contributed by atoms with Crippen LogP contribution in [0.5, 0.6) is 0 Å². The zero-order valence-electron chi connectivity index (χ0n) is 10.7. The molecule has 21 heavy (non-hydrogen) atoms. The quantitative estimate of drug-likeness (QED) is 0.659. The largest absolute Gasteiger partial charge is 0.374 e. The first-order chi connectivity index (χ1) is 9.99. The van der Waals surface area contributed by atoms with E-state index < -0.39 is 11.7 Å². The molecular formula is C14H11ClFN3OS. The molecule has 0 spiro atoms. The first kappa shape index (κ1) is 15.2. The number of thiocarbonyl (C=S) groups is 1.